The Balaban J connectivity index is 2.84. The van der Waals surface area contributed by atoms with E-state index in [1.165, 1.54) is 6.92 Å². The highest BCUT2D eigenvalue weighted by Gasteiger charge is 2.31. The zero-order chi connectivity index (χ0) is 13.7. The number of nitrogens with zero attached hydrogens (tertiary/aromatic N) is 2. The fourth-order valence-corrected chi connectivity index (χ4v) is 2.50. The van der Waals surface area contributed by atoms with Gasteiger partial charge >= 0.3 is 16.4 Å². The molecule has 1 aromatic carbocycles. The summed E-state index contributed by atoms with van der Waals surface area (Å²) in [4.78, 5) is 3.84. The normalized spacial score (nSPS) is 13.2. The van der Waals surface area contributed by atoms with E-state index >= 15 is 0 Å². The lowest BCUT2D eigenvalue weighted by molar-refractivity contribution is -0.137. The summed E-state index contributed by atoms with van der Waals surface area (Å²) < 4.78 is 60.8. The highest BCUT2D eigenvalue weighted by atomic mass is 32.2. The average Bonchev–Trinajstić information content (AvgIpc) is 2.49. The second-order valence-corrected chi connectivity index (χ2v) is 5.06. The number of rotatable bonds is 1. The Morgan fingerprint density at radius 2 is 1.94 bits per heavy atom. The largest absolute Gasteiger partial charge is 0.416 e. The zero-order valence-electron chi connectivity index (χ0n) is 9.06. The summed E-state index contributed by atoms with van der Waals surface area (Å²) in [6.45, 7) is 1.34. The van der Waals surface area contributed by atoms with E-state index in [0.29, 0.717) is 10.0 Å². The SMILES string of the molecule is Cc1nc2ccc(C(F)(F)F)cc2n1S(N)(=O)=O. The summed E-state index contributed by atoms with van der Waals surface area (Å²) in [6, 6.07) is 2.65. The molecule has 0 aliphatic rings. The number of aryl methyl sites for hydroxylation is 1. The molecular formula is C9H8F3N3O2S. The van der Waals surface area contributed by atoms with Gasteiger partial charge in [-0.05, 0) is 25.1 Å². The molecular weight excluding hydrogens is 271 g/mol. The van der Waals surface area contributed by atoms with Crippen LogP contribution in [-0.4, -0.2) is 17.4 Å². The van der Waals surface area contributed by atoms with Crippen molar-refractivity contribution in [2.45, 2.75) is 13.1 Å². The Hall–Kier alpha value is -1.61. The van der Waals surface area contributed by atoms with Crippen molar-refractivity contribution in [3.05, 3.63) is 29.6 Å². The molecule has 0 bridgehead atoms. The molecule has 0 saturated heterocycles. The number of hydrogen-bond acceptors (Lipinski definition) is 3. The van der Waals surface area contributed by atoms with Crippen molar-refractivity contribution in [3.63, 3.8) is 0 Å². The average molecular weight is 279 g/mol. The van der Waals surface area contributed by atoms with Crippen molar-refractivity contribution in [2.24, 2.45) is 5.14 Å². The molecule has 2 N–H and O–H groups in total. The van der Waals surface area contributed by atoms with Crippen LogP contribution >= 0.6 is 0 Å². The quantitative estimate of drug-likeness (QED) is 0.857. The molecule has 0 atom stereocenters. The lowest BCUT2D eigenvalue weighted by atomic mass is 10.2. The fraction of sp³-hybridized carbons (Fsp3) is 0.222. The van der Waals surface area contributed by atoms with Gasteiger partial charge in [0.1, 0.15) is 5.82 Å². The number of benzene rings is 1. The van der Waals surface area contributed by atoms with Gasteiger partial charge in [-0.25, -0.2) is 14.1 Å². The Kier molecular flexibility index (Phi) is 2.63. The maximum Gasteiger partial charge on any atom is 0.416 e. The van der Waals surface area contributed by atoms with Gasteiger partial charge in [0.05, 0.1) is 16.6 Å². The molecule has 2 aromatic rings. The number of nitrogens with two attached hydrogens (primary N) is 1. The molecule has 0 spiro atoms. The van der Waals surface area contributed by atoms with Crippen LogP contribution in [0.25, 0.3) is 11.0 Å². The van der Waals surface area contributed by atoms with Gasteiger partial charge in [-0.1, -0.05) is 0 Å². The fourth-order valence-electron chi connectivity index (χ4n) is 1.67. The Morgan fingerprint density at radius 3 is 2.44 bits per heavy atom. The number of aromatic nitrogens is 2. The number of imidazole rings is 1. The zero-order valence-corrected chi connectivity index (χ0v) is 9.88. The second kappa shape index (κ2) is 3.69. The van der Waals surface area contributed by atoms with E-state index in [1.807, 2.05) is 0 Å². The molecule has 18 heavy (non-hydrogen) atoms. The molecule has 9 heteroatoms. The lowest BCUT2D eigenvalue weighted by Crippen LogP contribution is -2.22. The molecule has 0 saturated carbocycles. The van der Waals surface area contributed by atoms with E-state index in [2.05, 4.69) is 4.98 Å². The van der Waals surface area contributed by atoms with Gasteiger partial charge in [0, 0.05) is 0 Å². The number of fused-ring (bicyclic) bond motifs is 1. The summed E-state index contributed by atoms with van der Waals surface area (Å²) >= 11 is 0. The van der Waals surface area contributed by atoms with Gasteiger partial charge in [-0.3, -0.25) is 0 Å². The highest BCUT2D eigenvalue weighted by Crippen LogP contribution is 2.31. The van der Waals surface area contributed by atoms with Gasteiger partial charge in [-0.2, -0.15) is 21.6 Å². The number of alkyl halides is 3. The van der Waals surface area contributed by atoms with Gasteiger partial charge in [0.15, 0.2) is 0 Å². The third-order valence-corrected chi connectivity index (χ3v) is 3.32. The predicted octanol–water partition coefficient (Wildman–Crippen LogP) is 1.42. The number of hydrogen-bond donors (Lipinski definition) is 1. The maximum atomic E-state index is 12.5. The van der Waals surface area contributed by atoms with Crippen molar-refractivity contribution in [1.29, 1.82) is 0 Å². The lowest BCUT2D eigenvalue weighted by Gasteiger charge is -2.07. The summed E-state index contributed by atoms with van der Waals surface area (Å²) in [5, 5.41) is 4.94. The monoisotopic (exact) mass is 279 g/mol. The number of halogens is 3. The van der Waals surface area contributed by atoms with E-state index < -0.39 is 21.9 Å². The van der Waals surface area contributed by atoms with Crippen LogP contribution in [0.4, 0.5) is 13.2 Å². The van der Waals surface area contributed by atoms with Crippen LogP contribution in [0.1, 0.15) is 11.4 Å². The molecule has 0 unspecified atom stereocenters. The molecule has 0 aliphatic carbocycles. The van der Waals surface area contributed by atoms with Crippen LogP contribution in [0.15, 0.2) is 18.2 Å². The van der Waals surface area contributed by atoms with E-state index in [9.17, 15) is 21.6 Å². The molecule has 98 valence electrons. The smallest absolute Gasteiger partial charge is 0.232 e. The molecule has 0 amide bonds. The van der Waals surface area contributed by atoms with E-state index in [1.54, 1.807) is 0 Å². The molecule has 0 fully saturated rings. The van der Waals surface area contributed by atoms with E-state index in [0.717, 1.165) is 12.1 Å². The Morgan fingerprint density at radius 1 is 1.33 bits per heavy atom. The van der Waals surface area contributed by atoms with Crippen molar-refractivity contribution in [3.8, 4) is 0 Å². The summed E-state index contributed by atoms with van der Waals surface area (Å²) in [5.41, 5.74) is -1.01. The predicted molar refractivity (Wildman–Crippen MR) is 58.0 cm³/mol. The van der Waals surface area contributed by atoms with Crippen molar-refractivity contribution in [2.75, 3.05) is 0 Å². The topological polar surface area (TPSA) is 78.0 Å². The van der Waals surface area contributed by atoms with Gasteiger partial charge in [-0.15, -0.1) is 0 Å². The standard InChI is InChI=1S/C9H8F3N3O2S/c1-5-14-7-3-2-6(9(10,11)12)4-8(7)15(5)18(13,16)17/h2-4H,1H3,(H2,13,16,17). The van der Waals surface area contributed by atoms with E-state index in [-0.39, 0.29) is 16.9 Å². The van der Waals surface area contributed by atoms with E-state index in [4.69, 9.17) is 5.14 Å². The first-order valence-corrected chi connectivity index (χ1v) is 6.20. The van der Waals surface area contributed by atoms with Crippen LogP contribution in [0.2, 0.25) is 0 Å². The van der Waals surface area contributed by atoms with Crippen molar-refractivity contribution in [1.82, 2.24) is 8.96 Å². The van der Waals surface area contributed by atoms with Crippen LogP contribution in [0, 0.1) is 6.92 Å². The summed E-state index contributed by atoms with van der Waals surface area (Å²) in [6.07, 6.45) is -4.56. The molecule has 0 aliphatic heterocycles. The minimum absolute atomic E-state index is 0.00632. The van der Waals surface area contributed by atoms with Crippen LogP contribution < -0.4 is 5.14 Å². The summed E-state index contributed by atoms with van der Waals surface area (Å²) in [5.74, 6) is 0.00632. The van der Waals surface area contributed by atoms with Crippen LogP contribution in [0.3, 0.4) is 0 Å². The minimum atomic E-state index is -4.56. The van der Waals surface area contributed by atoms with Crippen molar-refractivity contribution < 1.29 is 21.6 Å². The first-order chi connectivity index (χ1) is 8.10. The molecule has 1 aromatic heterocycles. The first kappa shape index (κ1) is 12.8. The molecule has 1 heterocycles. The van der Waals surface area contributed by atoms with Crippen LogP contribution in [0.5, 0.6) is 0 Å². The van der Waals surface area contributed by atoms with Gasteiger partial charge in [0.25, 0.3) is 0 Å². The Bertz CT molecular complexity index is 718. The molecule has 5 nitrogen and oxygen atoms in total. The molecule has 2 rings (SSSR count). The first-order valence-electron chi connectivity index (χ1n) is 4.70. The summed E-state index contributed by atoms with van der Waals surface area (Å²) in [7, 11) is -4.19. The highest BCUT2D eigenvalue weighted by molar-refractivity contribution is 7.87. The van der Waals surface area contributed by atoms with Crippen LogP contribution in [-0.2, 0) is 16.4 Å². The minimum Gasteiger partial charge on any atom is -0.232 e. The van der Waals surface area contributed by atoms with Gasteiger partial charge in [0.2, 0.25) is 0 Å². The maximum absolute atomic E-state index is 12.5. The van der Waals surface area contributed by atoms with Crippen molar-refractivity contribution >= 4 is 21.2 Å². The third-order valence-electron chi connectivity index (χ3n) is 2.35. The van der Waals surface area contributed by atoms with Gasteiger partial charge < -0.3 is 0 Å². The Labute approximate surface area is 100 Å². The molecule has 0 radical (unpaired) electrons. The second-order valence-electron chi connectivity index (χ2n) is 3.67. The third kappa shape index (κ3) is 2.06.